The Kier molecular flexibility index (Phi) is 6.23. The molecule has 1 aromatic heterocycles. The molecule has 8 nitrogen and oxygen atoms in total. The molecule has 2 aromatic rings. The number of ether oxygens (including phenoxy) is 2. The van der Waals surface area contributed by atoms with Crippen LogP contribution in [0.4, 0.5) is 0 Å². The number of nitrogens with zero attached hydrogens (tertiary/aromatic N) is 4. The van der Waals surface area contributed by atoms with Gasteiger partial charge in [0.1, 0.15) is 5.82 Å². The molecule has 0 aliphatic carbocycles. The lowest BCUT2D eigenvalue weighted by atomic mass is 10.2. The SMILES string of the molecule is CN=C(NCc1ccc2c(c1)OCO2)NCc1nnc(C)n1C.I. The fourth-order valence-electron chi connectivity index (χ4n) is 2.23. The van der Waals surface area contributed by atoms with E-state index in [4.69, 9.17) is 9.47 Å². The van der Waals surface area contributed by atoms with Gasteiger partial charge in [0.15, 0.2) is 23.3 Å². The van der Waals surface area contributed by atoms with Gasteiger partial charge < -0.3 is 24.7 Å². The Bertz CT molecular complexity index is 731. The van der Waals surface area contributed by atoms with Gasteiger partial charge in [-0.3, -0.25) is 4.99 Å². The van der Waals surface area contributed by atoms with E-state index in [1.165, 1.54) is 0 Å². The van der Waals surface area contributed by atoms with Crippen LogP contribution in [0, 0.1) is 6.92 Å². The third-order valence-electron chi connectivity index (χ3n) is 3.72. The van der Waals surface area contributed by atoms with Crippen LogP contribution in [-0.2, 0) is 20.1 Å². The number of hydrogen-bond donors (Lipinski definition) is 2. The van der Waals surface area contributed by atoms with Crippen molar-refractivity contribution < 1.29 is 9.47 Å². The molecule has 0 radical (unpaired) electrons. The predicted molar refractivity (Wildman–Crippen MR) is 101 cm³/mol. The van der Waals surface area contributed by atoms with Crippen LogP contribution in [0.15, 0.2) is 23.2 Å². The van der Waals surface area contributed by atoms with Gasteiger partial charge in [-0.1, -0.05) is 6.07 Å². The van der Waals surface area contributed by atoms with Crippen molar-refractivity contribution in [3.05, 3.63) is 35.4 Å². The average molecular weight is 444 g/mol. The number of nitrogens with one attached hydrogen (secondary N) is 2. The van der Waals surface area contributed by atoms with E-state index in [0.717, 1.165) is 28.7 Å². The molecule has 2 heterocycles. The first-order valence-electron chi connectivity index (χ1n) is 7.35. The van der Waals surface area contributed by atoms with E-state index in [0.29, 0.717) is 19.0 Å². The number of aromatic nitrogens is 3. The van der Waals surface area contributed by atoms with E-state index in [2.05, 4.69) is 25.8 Å². The second-order valence-electron chi connectivity index (χ2n) is 5.19. The number of fused-ring (bicyclic) bond motifs is 1. The van der Waals surface area contributed by atoms with Crippen LogP contribution in [0.2, 0.25) is 0 Å². The second-order valence-corrected chi connectivity index (χ2v) is 5.19. The van der Waals surface area contributed by atoms with Gasteiger partial charge in [0.2, 0.25) is 6.79 Å². The van der Waals surface area contributed by atoms with Crippen molar-refractivity contribution in [2.75, 3.05) is 13.8 Å². The smallest absolute Gasteiger partial charge is 0.231 e. The van der Waals surface area contributed by atoms with E-state index >= 15 is 0 Å². The Labute approximate surface area is 157 Å². The largest absolute Gasteiger partial charge is 0.454 e. The Hall–Kier alpha value is -2.04. The number of rotatable bonds is 4. The molecule has 0 fully saturated rings. The highest BCUT2D eigenvalue weighted by molar-refractivity contribution is 14.0. The second kappa shape index (κ2) is 8.18. The maximum Gasteiger partial charge on any atom is 0.231 e. The highest BCUT2D eigenvalue weighted by Crippen LogP contribution is 2.32. The molecule has 0 atom stereocenters. The summed E-state index contributed by atoms with van der Waals surface area (Å²) in [5.74, 6) is 4.00. The minimum atomic E-state index is 0. The van der Waals surface area contributed by atoms with Crippen molar-refractivity contribution in [3.63, 3.8) is 0 Å². The van der Waals surface area contributed by atoms with Gasteiger partial charge in [-0.2, -0.15) is 0 Å². The predicted octanol–water partition coefficient (Wildman–Crippen LogP) is 1.34. The molecule has 0 amide bonds. The van der Waals surface area contributed by atoms with Crippen molar-refractivity contribution >= 4 is 29.9 Å². The van der Waals surface area contributed by atoms with Crippen molar-refractivity contribution in [1.29, 1.82) is 0 Å². The summed E-state index contributed by atoms with van der Waals surface area (Å²) < 4.78 is 12.6. The Morgan fingerprint density at radius 1 is 1.21 bits per heavy atom. The van der Waals surface area contributed by atoms with E-state index in [1.807, 2.05) is 36.7 Å². The highest BCUT2D eigenvalue weighted by Gasteiger charge is 2.13. The van der Waals surface area contributed by atoms with Crippen molar-refractivity contribution in [3.8, 4) is 11.5 Å². The minimum absolute atomic E-state index is 0. The Morgan fingerprint density at radius 3 is 2.67 bits per heavy atom. The summed E-state index contributed by atoms with van der Waals surface area (Å²) in [6.07, 6.45) is 0. The first-order chi connectivity index (χ1) is 11.2. The zero-order valence-corrected chi connectivity index (χ0v) is 16.2. The van der Waals surface area contributed by atoms with Gasteiger partial charge in [0.25, 0.3) is 0 Å². The summed E-state index contributed by atoms with van der Waals surface area (Å²) in [7, 11) is 3.67. The van der Waals surface area contributed by atoms with Crippen LogP contribution < -0.4 is 20.1 Å². The number of hydrogen-bond acceptors (Lipinski definition) is 5. The quantitative estimate of drug-likeness (QED) is 0.421. The van der Waals surface area contributed by atoms with Crippen LogP contribution in [0.3, 0.4) is 0 Å². The van der Waals surface area contributed by atoms with Crippen molar-refractivity contribution in [2.24, 2.45) is 12.0 Å². The number of benzene rings is 1. The van der Waals surface area contributed by atoms with E-state index in [1.54, 1.807) is 7.05 Å². The van der Waals surface area contributed by atoms with Crippen LogP contribution in [0.5, 0.6) is 11.5 Å². The lowest BCUT2D eigenvalue weighted by Gasteiger charge is -2.12. The number of aliphatic imine (C=N–C) groups is 1. The molecule has 0 bridgehead atoms. The van der Waals surface area contributed by atoms with Crippen molar-refractivity contribution in [2.45, 2.75) is 20.0 Å². The fraction of sp³-hybridized carbons (Fsp3) is 0.400. The van der Waals surface area contributed by atoms with Gasteiger partial charge >= 0.3 is 0 Å². The third-order valence-corrected chi connectivity index (χ3v) is 3.72. The van der Waals surface area contributed by atoms with Gasteiger partial charge in [-0.25, -0.2) is 0 Å². The fourth-order valence-corrected chi connectivity index (χ4v) is 2.23. The minimum Gasteiger partial charge on any atom is -0.454 e. The lowest BCUT2D eigenvalue weighted by molar-refractivity contribution is 0.174. The highest BCUT2D eigenvalue weighted by atomic mass is 127. The molecule has 2 N–H and O–H groups in total. The molecular weight excluding hydrogens is 423 g/mol. The van der Waals surface area contributed by atoms with E-state index in [-0.39, 0.29) is 30.8 Å². The monoisotopic (exact) mass is 444 g/mol. The van der Waals surface area contributed by atoms with Crippen LogP contribution in [0.1, 0.15) is 17.2 Å². The van der Waals surface area contributed by atoms with E-state index in [9.17, 15) is 0 Å². The Balaban J connectivity index is 0.00000208. The maximum absolute atomic E-state index is 5.38. The van der Waals surface area contributed by atoms with Gasteiger partial charge in [0, 0.05) is 20.6 Å². The molecule has 130 valence electrons. The molecule has 0 saturated heterocycles. The number of aryl methyl sites for hydroxylation is 1. The first-order valence-corrected chi connectivity index (χ1v) is 7.35. The number of halogens is 1. The van der Waals surface area contributed by atoms with Crippen LogP contribution in [0.25, 0.3) is 0 Å². The molecule has 3 rings (SSSR count). The molecule has 0 unspecified atom stereocenters. The Morgan fingerprint density at radius 2 is 1.96 bits per heavy atom. The van der Waals surface area contributed by atoms with Crippen LogP contribution in [-0.4, -0.2) is 34.6 Å². The van der Waals surface area contributed by atoms with Gasteiger partial charge in [-0.15, -0.1) is 34.2 Å². The number of guanidine groups is 1. The molecule has 0 spiro atoms. The average Bonchev–Trinajstić information content (AvgIpc) is 3.15. The third kappa shape index (κ3) is 4.08. The lowest BCUT2D eigenvalue weighted by Crippen LogP contribution is -2.36. The maximum atomic E-state index is 5.38. The first kappa shape index (κ1) is 18.3. The van der Waals surface area contributed by atoms with Gasteiger partial charge in [-0.05, 0) is 24.6 Å². The van der Waals surface area contributed by atoms with Crippen molar-refractivity contribution in [1.82, 2.24) is 25.4 Å². The zero-order chi connectivity index (χ0) is 16.2. The summed E-state index contributed by atoms with van der Waals surface area (Å²) in [6, 6.07) is 5.88. The molecule has 1 aromatic carbocycles. The van der Waals surface area contributed by atoms with Gasteiger partial charge in [0.05, 0.1) is 6.54 Å². The summed E-state index contributed by atoms with van der Waals surface area (Å²) in [6.45, 7) is 3.39. The summed E-state index contributed by atoms with van der Waals surface area (Å²) in [4.78, 5) is 4.21. The van der Waals surface area contributed by atoms with E-state index < -0.39 is 0 Å². The summed E-state index contributed by atoms with van der Waals surface area (Å²) >= 11 is 0. The summed E-state index contributed by atoms with van der Waals surface area (Å²) in [5.41, 5.74) is 1.09. The molecule has 1 aliphatic heterocycles. The zero-order valence-electron chi connectivity index (χ0n) is 13.9. The molecule has 1 aliphatic rings. The summed E-state index contributed by atoms with van der Waals surface area (Å²) in [5, 5.41) is 14.6. The molecule has 9 heteroatoms. The standard InChI is InChI=1S/C15H20N6O2.HI/c1-10-19-20-14(21(10)3)8-18-15(16-2)17-7-11-4-5-12-13(6-11)23-9-22-12;/h4-6H,7-9H2,1-3H3,(H2,16,17,18);1H. The van der Waals surface area contributed by atoms with Crippen LogP contribution >= 0.6 is 24.0 Å². The normalized spacial score (nSPS) is 12.7. The molecule has 24 heavy (non-hydrogen) atoms. The molecular formula is C15H21IN6O2. The topological polar surface area (TPSA) is 85.6 Å². The molecule has 0 saturated carbocycles.